The fourth-order valence-electron chi connectivity index (χ4n) is 1.69. The SMILES string of the molecule is NS(=O)(=O)c1cc([N+](=O)[O-])c(O)c2ccccc12. The minimum Gasteiger partial charge on any atom is -0.502 e. The van der Waals surface area contributed by atoms with Crippen molar-refractivity contribution in [2.75, 3.05) is 0 Å². The Kier molecular flexibility index (Phi) is 2.68. The summed E-state index contributed by atoms with van der Waals surface area (Å²) in [6.07, 6.45) is 0. The molecule has 2 aromatic carbocycles. The second-order valence-electron chi connectivity index (χ2n) is 3.59. The lowest BCUT2D eigenvalue weighted by molar-refractivity contribution is -0.385. The Hall–Kier alpha value is -2.19. The van der Waals surface area contributed by atoms with Crippen LogP contribution >= 0.6 is 0 Å². The Balaban J connectivity index is 3.03. The number of hydrogen-bond acceptors (Lipinski definition) is 5. The molecule has 0 aromatic heterocycles. The molecule has 94 valence electrons. The number of nitro groups is 1. The smallest absolute Gasteiger partial charge is 0.312 e. The fourth-order valence-corrected chi connectivity index (χ4v) is 2.45. The van der Waals surface area contributed by atoms with Gasteiger partial charge in [-0.2, -0.15) is 0 Å². The number of benzene rings is 2. The molecule has 0 unspecified atom stereocenters. The minimum absolute atomic E-state index is 0.0655. The van der Waals surface area contributed by atoms with Crippen molar-refractivity contribution in [1.29, 1.82) is 0 Å². The molecule has 0 bridgehead atoms. The maximum atomic E-state index is 11.4. The van der Waals surface area contributed by atoms with E-state index in [1.165, 1.54) is 18.2 Å². The van der Waals surface area contributed by atoms with Gasteiger partial charge in [-0.05, 0) is 0 Å². The highest BCUT2D eigenvalue weighted by Crippen LogP contribution is 2.37. The van der Waals surface area contributed by atoms with Crippen LogP contribution in [-0.4, -0.2) is 18.4 Å². The van der Waals surface area contributed by atoms with E-state index < -0.39 is 26.4 Å². The van der Waals surface area contributed by atoms with Crippen LogP contribution in [0.4, 0.5) is 5.69 Å². The van der Waals surface area contributed by atoms with Gasteiger partial charge in [0.1, 0.15) is 0 Å². The van der Waals surface area contributed by atoms with Gasteiger partial charge in [-0.1, -0.05) is 24.3 Å². The lowest BCUT2D eigenvalue weighted by Crippen LogP contribution is -2.13. The third-order valence-electron chi connectivity index (χ3n) is 2.46. The Labute approximate surface area is 102 Å². The first-order chi connectivity index (χ1) is 8.32. The molecule has 0 heterocycles. The van der Waals surface area contributed by atoms with E-state index in [-0.39, 0.29) is 15.7 Å². The Morgan fingerprint density at radius 3 is 2.28 bits per heavy atom. The van der Waals surface area contributed by atoms with Gasteiger partial charge in [0.2, 0.25) is 15.8 Å². The summed E-state index contributed by atoms with van der Waals surface area (Å²) >= 11 is 0. The molecule has 2 rings (SSSR count). The van der Waals surface area contributed by atoms with E-state index in [1.54, 1.807) is 6.07 Å². The number of nitro benzene ring substituents is 1. The average Bonchev–Trinajstić information content (AvgIpc) is 2.27. The molecule has 0 fully saturated rings. The molecule has 0 atom stereocenters. The summed E-state index contributed by atoms with van der Waals surface area (Å²) in [4.78, 5) is 9.50. The molecule has 0 radical (unpaired) electrons. The zero-order valence-corrected chi connectivity index (χ0v) is 9.72. The van der Waals surface area contributed by atoms with Gasteiger partial charge in [-0.3, -0.25) is 10.1 Å². The third-order valence-corrected chi connectivity index (χ3v) is 3.41. The first-order valence-corrected chi connectivity index (χ1v) is 6.29. The fraction of sp³-hybridized carbons (Fsp3) is 0. The zero-order valence-electron chi connectivity index (χ0n) is 8.90. The maximum Gasteiger partial charge on any atom is 0.312 e. The van der Waals surface area contributed by atoms with E-state index in [1.807, 2.05) is 0 Å². The molecule has 2 aromatic rings. The van der Waals surface area contributed by atoms with Crippen LogP contribution in [0.5, 0.6) is 5.75 Å². The number of sulfonamides is 1. The first kappa shape index (κ1) is 12.3. The Morgan fingerprint density at radius 2 is 1.78 bits per heavy atom. The van der Waals surface area contributed by atoms with E-state index in [0.29, 0.717) is 0 Å². The highest BCUT2D eigenvalue weighted by molar-refractivity contribution is 7.89. The molecule has 3 N–H and O–H groups in total. The van der Waals surface area contributed by atoms with Crippen molar-refractivity contribution < 1.29 is 18.4 Å². The lowest BCUT2D eigenvalue weighted by Gasteiger charge is -2.06. The van der Waals surface area contributed by atoms with Gasteiger partial charge >= 0.3 is 5.69 Å². The van der Waals surface area contributed by atoms with Crippen LogP contribution in [0.2, 0.25) is 0 Å². The number of phenols is 1. The predicted octanol–water partition coefficient (Wildman–Crippen LogP) is 1.10. The Bertz CT molecular complexity index is 754. The number of rotatable bonds is 2. The van der Waals surface area contributed by atoms with E-state index >= 15 is 0 Å². The maximum absolute atomic E-state index is 11.4. The second kappa shape index (κ2) is 3.93. The van der Waals surface area contributed by atoms with Crippen molar-refractivity contribution in [2.24, 2.45) is 5.14 Å². The van der Waals surface area contributed by atoms with Gasteiger partial charge in [0.05, 0.1) is 9.82 Å². The highest BCUT2D eigenvalue weighted by atomic mass is 32.2. The van der Waals surface area contributed by atoms with Crippen molar-refractivity contribution in [3.8, 4) is 5.75 Å². The molecule has 0 amide bonds. The number of primary sulfonamides is 1. The minimum atomic E-state index is -4.12. The van der Waals surface area contributed by atoms with Crippen molar-refractivity contribution in [2.45, 2.75) is 4.90 Å². The van der Waals surface area contributed by atoms with Crippen LogP contribution in [0.1, 0.15) is 0 Å². The average molecular weight is 268 g/mol. The van der Waals surface area contributed by atoms with Gasteiger partial charge in [0.25, 0.3) is 0 Å². The summed E-state index contributed by atoms with van der Waals surface area (Å²) in [5.74, 6) is -0.581. The molecule has 8 heteroatoms. The van der Waals surface area contributed by atoms with Crippen molar-refractivity contribution in [3.05, 3.63) is 40.4 Å². The zero-order chi connectivity index (χ0) is 13.5. The molecular weight excluding hydrogens is 260 g/mol. The molecule has 0 aliphatic heterocycles. The summed E-state index contributed by atoms with van der Waals surface area (Å²) in [6, 6.07) is 6.62. The third kappa shape index (κ3) is 1.87. The Morgan fingerprint density at radius 1 is 1.22 bits per heavy atom. The largest absolute Gasteiger partial charge is 0.502 e. The summed E-state index contributed by atoms with van der Waals surface area (Å²) in [5, 5.41) is 25.7. The molecule has 0 aliphatic carbocycles. The number of aromatic hydroxyl groups is 1. The van der Waals surface area contributed by atoms with Gasteiger partial charge < -0.3 is 5.11 Å². The molecule has 0 saturated carbocycles. The van der Waals surface area contributed by atoms with Gasteiger partial charge in [-0.25, -0.2) is 13.6 Å². The quantitative estimate of drug-likeness (QED) is 0.623. The second-order valence-corrected chi connectivity index (χ2v) is 5.12. The summed E-state index contributed by atoms with van der Waals surface area (Å²) in [5.41, 5.74) is -0.697. The normalized spacial score (nSPS) is 11.6. The van der Waals surface area contributed by atoms with Crippen LogP contribution in [0.15, 0.2) is 35.2 Å². The summed E-state index contributed by atoms with van der Waals surface area (Å²) in [7, 11) is -4.12. The molecule has 0 saturated heterocycles. The first-order valence-electron chi connectivity index (χ1n) is 4.74. The molecule has 0 aliphatic rings. The van der Waals surface area contributed by atoms with Crippen LogP contribution in [0.25, 0.3) is 10.8 Å². The summed E-state index contributed by atoms with van der Waals surface area (Å²) < 4.78 is 22.8. The summed E-state index contributed by atoms with van der Waals surface area (Å²) in [6.45, 7) is 0. The van der Waals surface area contributed by atoms with Gasteiger partial charge in [0.15, 0.2) is 0 Å². The number of nitrogens with two attached hydrogens (primary N) is 1. The molecule has 18 heavy (non-hydrogen) atoms. The topological polar surface area (TPSA) is 124 Å². The van der Waals surface area contributed by atoms with Crippen molar-refractivity contribution in [3.63, 3.8) is 0 Å². The van der Waals surface area contributed by atoms with E-state index in [4.69, 9.17) is 5.14 Å². The number of fused-ring (bicyclic) bond motifs is 1. The van der Waals surface area contributed by atoms with E-state index in [0.717, 1.165) is 6.07 Å². The van der Waals surface area contributed by atoms with Crippen molar-refractivity contribution in [1.82, 2.24) is 0 Å². The van der Waals surface area contributed by atoms with E-state index in [9.17, 15) is 23.6 Å². The van der Waals surface area contributed by atoms with Gasteiger partial charge in [-0.15, -0.1) is 0 Å². The monoisotopic (exact) mass is 268 g/mol. The lowest BCUT2D eigenvalue weighted by atomic mass is 10.1. The van der Waals surface area contributed by atoms with E-state index in [2.05, 4.69) is 0 Å². The van der Waals surface area contributed by atoms with Crippen LogP contribution in [0.3, 0.4) is 0 Å². The standard InChI is InChI=1S/C10H8N2O5S/c11-18(16,17)9-5-8(12(14)15)10(13)7-4-2-1-3-6(7)9/h1-5,13H,(H2,11,16,17). The van der Waals surface area contributed by atoms with Crippen LogP contribution < -0.4 is 5.14 Å². The number of nitrogens with zero attached hydrogens (tertiary/aromatic N) is 1. The number of hydrogen-bond donors (Lipinski definition) is 2. The molecular formula is C10H8N2O5S. The number of phenolic OH excluding ortho intramolecular Hbond substituents is 1. The highest BCUT2D eigenvalue weighted by Gasteiger charge is 2.23. The molecule has 0 spiro atoms. The van der Waals surface area contributed by atoms with Crippen molar-refractivity contribution >= 4 is 26.5 Å². The van der Waals surface area contributed by atoms with Crippen LogP contribution in [0, 0.1) is 10.1 Å². The molecule has 7 nitrogen and oxygen atoms in total. The van der Waals surface area contributed by atoms with Crippen LogP contribution in [-0.2, 0) is 10.0 Å². The predicted molar refractivity (Wildman–Crippen MR) is 63.6 cm³/mol. The van der Waals surface area contributed by atoms with Gasteiger partial charge in [0, 0.05) is 16.8 Å².